The van der Waals surface area contributed by atoms with Gasteiger partial charge in [-0.15, -0.1) is 0 Å². The van der Waals surface area contributed by atoms with Gasteiger partial charge < -0.3 is 0 Å². The van der Waals surface area contributed by atoms with Crippen LogP contribution in [-0.4, -0.2) is 4.98 Å². The Morgan fingerprint density at radius 2 is 1.95 bits per heavy atom. The molecule has 0 aliphatic carbocycles. The van der Waals surface area contributed by atoms with Crippen LogP contribution in [0.2, 0.25) is 0 Å². The number of hydrogen-bond donors (Lipinski definition) is 0. The smallest absolute Gasteiger partial charge is 0.0737 e. The number of unbranched alkanes of at least 4 members (excludes halogenated alkanes) is 2. The zero-order chi connectivity index (χ0) is 13.5. The van der Waals surface area contributed by atoms with E-state index in [-0.39, 0.29) is 0 Å². The highest BCUT2D eigenvalue weighted by atomic mass is 14.7. The lowest BCUT2D eigenvalue weighted by atomic mass is 10.0. The molecule has 19 heavy (non-hydrogen) atoms. The molecule has 0 saturated heterocycles. The number of allylic oxidation sites excluding steroid dienone is 1. The summed E-state index contributed by atoms with van der Waals surface area (Å²) in [6.45, 7) is 4.33. The monoisotopic (exact) mass is 251 g/mol. The van der Waals surface area contributed by atoms with Crippen LogP contribution < -0.4 is 0 Å². The summed E-state index contributed by atoms with van der Waals surface area (Å²) >= 11 is 0. The van der Waals surface area contributed by atoms with Gasteiger partial charge in [-0.1, -0.05) is 62.2 Å². The molecule has 0 radical (unpaired) electrons. The fourth-order valence-corrected chi connectivity index (χ4v) is 2.16. The van der Waals surface area contributed by atoms with Crippen molar-refractivity contribution in [3.8, 4) is 11.3 Å². The van der Waals surface area contributed by atoms with Gasteiger partial charge in [0.25, 0.3) is 0 Å². The van der Waals surface area contributed by atoms with Crippen LogP contribution in [0.3, 0.4) is 0 Å². The van der Waals surface area contributed by atoms with Crippen molar-refractivity contribution in [2.45, 2.75) is 33.1 Å². The maximum atomic E-state index is 4.52. The van der Waals surface area contributed by atoms with Crippen molar-refractivity contribution in [1.29, 1.82) is 0 Å². The number of hydrogen-bond acceptors (Lipinski definition) is 1. The van der Waals surface area contributed by atoms with E-state index in [2.05, 4.69) is 61.3 Å². The molecule has 0 unspecified atom stereocenters. The molecule has 0 spiro atoms. The lowest BCUT2D eigenvalue weighted by Crippen LogP contribution is -1.89. The van der Waals surface area contributed by atoms with Gasteiger partial charge in [0.1, 0.15) is 0 Å². The molecule has 0 aliphatic heterocycles. The average molecular weight is 251 g/mol. The van der Waals surface area contributed by atoms with E-state index >= 15 is 0 Å². The molecule has 1 nitrogen and oxygen atoms in total. The van der Waals surface area contributed by atoms with Gasteiger partial charge >= 0.3 is 0 Å². The first-order chi connectivity index (χ1) is 9.33. The van der Waals surface area contributed by atoms with Crippen LogP contribution in [0.5, 0.6) is 0 Å². The Kier molecular flexibility index (Phi) is 4.91. The molecule has 0 N–H and O–H groups in total. The zero-order valence-corrected chi connectivity index (χ0v) is 11.8. The van der Waals surface area contributed by atoms with Crippen molar-refractivity contribution in [2.75, 3.05) is 0 Å². The second kappa shape index (κ2) is 6.89. The van der Waals surface area contributed by atoms with Gasteiger partial charge in [-0.3, -0.25) is 4.98 Å². The van der Waals surface area contributed by atoms with Gasteiger partial charge in [-0.05, 0) is 30.5 Å². The Bertz CT molecular complexity index is 555. The predicted molar refractivity (Wildman–Crippen MR) is 83.0 cm³/mol. The predicted octanol–water partition coefficient (Wildman–Crippen LogP) is 5.26. The molecular formula is C18H21N. The van der Waals surface area contributed by atoms with Crippen LogP contribution in [-0.2, 0) is 0 Å². The lowest BCUT2D eigenvalue weighted by molar-refractivity contribution is 0.816. The summed E-state index contributed by atoms with van der Waals surface area (Å²) in [5.74, 6) is 0. The van der Waals surface area contributed by atoms with Crippen LogP contribution >= 0.6 is 0 Å². The average Bonchev–Trinajstić information content (AvgIpc) is 2.45. The minimum Gasteiger partial charge on any atom is -0.256 e. The first-order valence-electron chi connectivity index (χ1n) is 7.00. The highest BCUT2D eigenvalue weighted by Crippen LogP contribution is 2.25. The van der Waals surface area contributed by atoms with E-state index < -0.39 is 0 Å². The molecule has 0 bridgehead atoms. The van der Waals surface area contributed by atoms with Crippen molar-refractivity contribution in [1.82, 2.24) is 4.98 Å². The second-order valence-electron chi connectivity index (χ2n) is 4.80. The minimum atomic E-state index is 1.08. The quantitative estimate of drug-likeness (QED) is 0.660. The number of pyridine rings is 1. The molecule has 0 fully saturated rings. The van der Waals surface area contributed by atoms with Crippen molar-refractivity contribution in [3.05, 3.63) is 59.8 Å². The van der Waals surface area contributed by atoms with Gasteiger partial charge in [0.2, 0.25) is 0 Å². The summed E-state index contributed by atoms with van der Waals surface area (Å²) in [6, 6.07) is 12.6. The van der Waals surface area contributed by atoms with Gasteiger partial charge in [-0.2, -0.15) is 0 Å². The van der Waals surface area contributed by atoms with Crippen LogP contribution in [0.4, 0.5) is 0 Å². The van der Waals surface area contributed by atoms with E-state index in [1.54, 1.807) is 0 Å². The summed E-state index contributed by atoms with van der Waals surface area (Å²) in [4.78, 5) is 4.52. The molecule has 1 heteroatoms. The molecule has 1 aromatic carbocycles. The van der Waals surface area contributed by atoms with E-state index in [1.807, 2.05) is 12.3 Å². The van der Waals surface area contributed by atoms with E-state index in [4.69, 9.17) is 0 Å². The molecule has 2 rings (SSSR count). The zero-order valence-electron chi connectivity index (χ0n) is 11.8. The third kappa shape index (κ3) is 3.54. The maximum Gasteiger partial charge on any atom is 0.0737 e. The second-order valence-corrected chi connectivity index (χ2v) is 4.80. The third-order valence-electron chi connectivity index (χ3n) is 3.25. The van der Waals surface area contributed by atoms with Gasteiger partial charge in [0.15, 0.2) is 0 Å². The Morgan fingerprint density at radius 1 is 1.11 bits per heavy atom. The summed E-state index contributed by atoms with van der Waals surface area (Å²) < 4.78 is 0. The molecular weight excluding hydrogens is 230 g/mol. The Balaban J connectivity index is 2.31. The number of nitrogens with zero attached hydrogens (tertiary/aromatic N) is 1. The van der Waals surface area contributed by atoms with Crippen LogP contribution in [0.25, 0.3) is 17.3 Å². The summed E-state index contributed by atoms with van der Waals surface area (Å²) in [6.07, 6.45) is 9.98. The third-order valence-corrected chi connectivity index (χ3v) is 3.25. The molecule has 0 aliphatic rings. The number of aromatic nitrogens is 1. The highest BCUT2D eigenvalue weighted by molar-refractivity contribution is 5.74. The fourth-order valence-electron chi connectivity index (χ4n) is 2.16. The first-order valence-corrected chi connectivity index (χ1v) is 7.00. The molecule has 2 aromatic rings. The molecule has 0 amide bonds. The number of rotatable bonds is 5. The minimum absolute atomic E-state index is 1.08. The first kappa shape index (κ1) is 13.5. The Hall–Kier alpha value is -1.89. The van der Waals surface area contributed by atoms with E-state index in [0.29, 0.717) is 0 Å². The van der Waals surface area contributed by atoms with E-state index in [1.165, 1.54) is 29.5 Å². The van der Waals surface area contributed by atoms with Gasteiger partial charge in [0.05, 0.1) is 5.69 Å². The van der Waals surface area contributed by atoms with Gasteiger partial charge in [0, 0.05) is 11.8 Å². The molecule has 0 atom stereocenters. The van der Waals surface area contributed by atoms with Gasteiger partial charge in [-0.25, -0.2) is 0 Å². The molecule has 1 aromatic heterocycles. The maximum absolute atomic E-state index is 4.52. The van der Waals surface area contributed by atoms with Crippen molar-refractivity contribution in [3.63, 3.8) is 0 Å². The van der Waals surface area contributed by atoms with Crippen LogP contribution in [0.1, 0.15) is 37.3 Å². The van der Waals surface area contributed by atoms with Crippen LogP contribution in [0.15, 0.2) is 48.7 Å². The molecule has 1 heterocycles. The van der Waals surface area contributed by atoms with Crippen LogP contribution in [0, 0.1) is 6.92 Å². The highest BCUT2D eigenvalue weighted by Gasteiger charge is 2.05. The summed E-state index contributed by atoms with van der Waals surface area (Å²) in [5, 5.41) is 0. The van der Waals surface area contributed by atoms with Crippen molar-refractivity contribution < 1.29 is 0 Å². The van der Waals surface area contributed by atoms with Crippen molar-refractivity contribution in [2.24, 2.45) is 0 Å². The fraction of sp³-hybridized carbons (Fsp3) is 0.278. The SMILES string of the molecule is CCCC/C=C/c1ccccc1-c1ncccc1C. The van der Waals surface area contributed by atoms with E-state index in [9.17, 15) is 0 Å². The topological polar surface area (TPSA) is 12.9 Å². The van der Waals surface area contributed by atoms with E-state index in [0.717, 1.165) is 12.1 Å². The standard InChI is InChI=1S/C18H21N/c1-3-4-5-6-11-16-12-7-8-13-17(16)18-15(2)10-9-14-19-18/h6-14H,3-5H2,1-2H3/b11-6+. The normalized spacial score (nSPS) is 11.1. The molecule has 98 valence electrons. The summed E-state index contributed by atoms with van der Waals surface area (Å²) in [7, 11) is 0. The largest absolute Gasteiger partial charge is 0.256 e. The lowest BCUT2D eigenvalue weighted by Gasteiger charge is -2.08. The van der Waals surface area contributed by atoms with Crippen molar-refractivity contribution >= 4 is 6.08 Å². The summed E-state index contributed by atoms with van der Waals surface area (Å²) in [5.41, 5.74) is 4.77. The number of benzene rings is 1. The number of aryl methyl sites for hydroxylation is 1. The molecule has 0 saturated carbocycles. The Morgan fingerprint density at radius 3 is 2.74 bits per heavy atom. The Labute approximate surface area is 116 Å².